The number of allylic oxidation sites excluding steroid dienone is 4. The predicted molar refractivity (Wildman–Crippen MR) is 199 cm³/mol. The third kappa shape index (κ3) is 8.52. The van der Waals surface area contributed by atoms with Crippen LogP contribution in [0.5, 0.6) is 0 Å². The molecule has 0 radical (unpaired) electrons. The second-order valence-electron chi connectivity index (χ2n) is 15.7. The first-order valence-electron chi connectivity index (χ1n) is 17.0. The molecule has 3 heteroatoms. The van der Waals surface area contributed by atoms with Crippen molar-refractivity contribution < 1.29 is 49.0 Å². The summed E-state index contributed by atoms with van der Waals surface area (Å²) >= 11 is 1.46. The molecule has 4 aromatic carbocycles. The molecule has 4 aromatic rings. The van der Waals surface area contributed by atoms with Crippen molar-refractivity contribution in [1.29, 1.82) is 0 Å². The van der Waals surface area contributed by atoms with Gasteiger partial charge >= 0.3 is 63.8 Å². The maximum atomic E-state index is 2.51. The molecule has 0 N–H and O–H groups in total. The Kier molecular flexibility index (Phi) is 13.1. The average molecular weight is 755 g/mol. The number of rotatable bonds is 2. The number of fused-ring (bicyclic) bond motifs is 5. The molecule has 0 unspecified atom stereocenters. The molecule has 0 fully saturated rings. The number of halogens is 2. The van der Waals surface area contributed by atoms with E-state index in [1.165, 1.54) is 96.6 Å². The molecule has 48 heavy (non-hydrogen) atoms. The van der Waals surface area contributed by atoms with E-state index in [0.29, 0.717) is 5.41 Å². The zero-order valence-electron chi connectivity index (χ0n) is 30.6. The molecule has 0 heterocycles. The number of aryl methyl sites for hydroxylation is 1. The van der Waals surface area contributed by atoms with Crippen LogP contribution in [0.3, 0.4) is 0 Å². The Balaban J connectivity index is 0.000000247. The Morgan fingerprint density at radius 2 is 1.38 bits per heavy atom. The first-order chi connectivity index (χ1) is 21.6. The van der Waals surface area contributed by atoms with Crippen LogP contribution in [0.1, 0.15) is 126 Å². The van der Waals surface area contributed by atoms with Crippen molar-refractivity contribution in [2.75, 3.05) is 0 Å². The van der Waals surface area contributed by atoms with E-state index in [1.54, 1.807) is 0 Å². The minimum atomic E-state index is 0. The van der Waals surface area contributed by atoms with Gasteiger partial charge in [-0.25, -0.2) is 18.6 Å². The van der Waals surface area contributed by atoms with Gasteiger partial charge in [-0.05, 0) is 70.2 Å². The van der Waals surface area contributed by atoms with Gasteiger partial charge in [0.05, 0.1) is 0 Å². The van der Waals surface area contributed by atoms with Gasteiger partial charge in [0.1, 0.15) is 0 Å². The fourth-order valence-corrected chi connectivity index (χ4v) is 7.38. The third-order valence-corrected chi connectivity index (χ3v) is 11.0. The quantitative estimate of drug-likeness (QED) is 0.197. The predicted octanol–water partition coefficient (Wildman–Crippen LogP) is 5.90. The van der Waals surface area contributed by atoms with Crippen molar-refractivity contribution in [2.24, 2.45) is 0 Å². The topological polar surface area (TPSA) is 0 Å². The first-order valence-corrected chi connectivity index (χ1v) is 18.4. The molecule has 0 saturated carbocycles. The zero-order valence-corrected chi connectivity index (χ0v) is 34.6. The Bertz CT molecular complexity index is 1720. The van der Waals surface area contributed by atoms with E-state index in [1.807, 2.05) is 6.07 Å². The van der Waals surface area contributed by atoms with Crippen molar-refractivity contribution in [3.05, 3.63) is 141 Å². The summed E-state index contributed by atoms with van der Waals surface area (Å²) < 4.78 is 2.17. The Hall–Kier alpha value is -2.31. The second kappa shape index (κ2) is 15.7. The molecule has 0 aromatic heterocycles. The van der Waals surface area contributed by atoms with E-state index in [2.05, 4.69) is 158 Å². The molecule has 0 spiro atoms. The molecule has 252 valence electrons. The van der Waals surface area contributed by atoms with Gasteiger partial charge in [0.15, 0.2) is 0 Å². The van der Waals surface area contributed by atoms with E-state index in [4.69, 9.17) is 0 Å². The summed E-state index contributed by atoms with van der Waals surface area (Å²) in [5.41, 5.74) is 19.5. The fraction of sp³-hybridized carbons (Fsp3) is 0.356. The summed E-state index contributed by atoms with van der Waals surface area (Å²) in [5, 5.41) is 0. The molecule has 0 atom stereocenters. The standard InChI is InChI=1S/C27H29.C11H17.C7H6.2ClH.Zr/c1-16-7-9-26(3,4)24-12-18-11-19-13-25-21(17(2)8-10-27(25,5)6)15-23(19)22(18)14-20(16)24;1-5-9-6-7-10(8-9)11(2,3)4;1-7-5-3-2-4-6-7;;;/h7-9,12-15H,10-11H2,1-6H3;6-8H,5H2,1-4H3;1-6H;2*1H;/q2*-1;;;;+2/p-2. The first kappa shape index (κ1) is 40.1. The van der Waals surface area contributed by atoms with Crippen LogP contribution in [0.15, 0.2) is 84.9 Å². The molecule has 3 aliphatic rings. The van der Waals surface area contributed by atoms with E-state index in [9.17, 15) is 0 Å². The van der Waals surface area contributed by atoms with Gasteiger partial charge in [0, 0.05) is 0 Å². The molecular formula is C45H52Cl2Zr-2. The van der Waals surface area contributed by atoms with Gasteiger partial charge in [-0.3, -0.25) is 0 Å². The summed E-state index contributed by atoms with van der Waals surface area (Å²) in [6, 6.07) is 27.1. The van der Waals surface area contributed by atoms with Gasteiger partial charge in [0.2, 0.25) is 0 Å². The summed E-state index contributed by atoms with van der Waals surface area (Å²) in [4.78, 5) is 0. The summed E-state index contributed by atoms with van der Waals surface area (Å²) in [5.74, 6) is 0. The van der Waals surface area contributed by atoms with Gasteiger partial charge in [-0.2, -0.15) is 28.8 Å². The molecule has 0 bridgehead atoms. The van der Waals surface area contributed by atoms with Crippen molar-refractivity contribution >= 4 is 14.9 Å². The SMILES string of the molecule is CC1=C[CH-]C(C)(C)c2cc3c(cc21)-c1cc2c(cc1C3)C(C)(C)CC=C2C.CCc1cc(C(C)(C)C)c[cH-]1.[Cl-].[Cl-].[Zr+2]=[CH]c1ccccc1. The van der Waals surface area contributed by atoms with Crippen molar-refractivity contribution in [2.45, 2.75) is 105 Å². The van der Waals surface area contributed by atoms with E-state index < -0.39 is 0 Å². The van der Waals surface area contributed by atoms with Crippen molar-refractivity contribution in [3.8, 4) is 11.1 Å². The summed E-state index contributed by atoms with van der Waals surface area (Å²) in [7, 11) is 0. The van der Waals surface area contributed by atoms with E-state index in [0.717, 1.165) is 19.3 Å². The Labute approximate surface area is 319 Å². The second-order valence-corrected chi connectivity index (χ2v) is 16.4. The summed E-state index contributed by atoms with van der Waals surface area (Å²) in [6.45, 7) is 22.9. The van der Waals surface area contributed by atoms with Crippen molar-refractivity contribution in [3.63, 3.8) is 0 Å². The molecule has 0 nitrogen and oxygen atoms in total. The van der Waals surface area contributed by atoms with Crippen LogP contribution in [0, 0.1) is 6.42 Å². The fourth-order valence-electron chi connectivity index (χ4n) is 6.90. The third-order valence-electron chi connectivity index (χ3n) is 10.2. The van der Waals surface area contributed by atoms with Crippen LogP contribution in [0.4, 0.5) is 0 Å². The van der Waals surface area contributed by atoms with Gasteiger partial charge < -0.3 is 24.8 Å². The van der Waals surface area contributed by atoms with Crippen molar-refractivity contribution in [1.82, 2.24) is 0 Å². The van der Waals surface area contributed by atoms with Crippen LogP contribution < -0.4 is 24.8 Å². The molecule has 3 aliphatic carbocycles. The van der Waals surface area contributed by atoms with E-state index in [-0.39, 0.29) is 35.6 Å². The van der Waals surface area contributed by atoms with E-state index >= 15 is 0 Å². The molecule has 7 rings (SSSR count). The Morgan fingerprint density at radius 3 is 1.88 bits per heavy atom. The number of hydrogen-bond donors (Lipinski definition) is 0. The molecular weight excluding hydrogens is 703 g/mol. The van der Waals surface area contributed by atoms with Gasteiger partial charge in [-0.15, -0.1) is 12.5 Å². The Morgan fingerprint density at radius 1 is 0.792 bits per heavy atom. The normalized spacial score (nSPS) is 15.8. The number of hydrogen-bond acceptors (Lipinski definition) is 0. The van der Waals surface area contributed by atoms with Crippen LogP contribution in [-0.4, -0.2) is 3.71 Å². The number of benzene rings is 3. The average Bonchev–Trinajstić information content (AvgIpc) is 3.66. The molecule has 0 aliphatic heterocycles. The zero-order chi connectivity index (χ0) is 33.4. The van der Waals surface area contributed by atoms with Crippen LogP contribution in [-0.2, 0) is 53.3 Å². The van der Waals surface area contributed by atoms with Gasteiger partial charge in [-0.1, -0.05) is 102 Å². The van der Waals surface area contributed by atoms with Gasteiger partial charge in [0.25, 0.3) is 0 Å². The molecule has 0 saturated heterocycles. The minimum absolute atomic E-state index is 0. The maximum absolute atomic E-state index is 2.51. The molecule has 0 amide bonds. The van der Waals surface area contributed by atoms with Crippen LogP contribution >= 0.6 is 0 Å². The van der Waals surface area contributed by atoms with Crippen LogP contribution in [0.25, 0.3) is 22.3 Å². The van der Waals surface area contributed by atoms with Crippen LogP contribution in [0.2, 0.25) is 0 Å². The monoisotopic (exact) mass is 752 g/mol. The summed E-state index contributed by atoms with van der Waals surface area (Å²) in [6.07, 6.45) is 10.4.